The average molecular weight is 490 g/mol. The Labute approximate surface area is 201 Å². The molecule has 0 aliphatic rings. The van der Waals surface area contributed by atoms with Gasteiger partial charge in [0.05, 0.1) is 16.2 Å². The summed E-state index contributed by atoms with van der Waals surface area (Å²) in [4.78, 5) is 8.74. The van der Waals surface area contributed by atoms with Gasteiger partial charge in [-0.1, -0.05) is 18.2 Å². The monoisotopic (exact) mass is 489 g/mol. The fourth-order valence-corrected chi connectivity index (χ4v) is 4.78. The zero-order valence-corrected chi connectivity index (χ0v) is 19.6. The van der Waals surface area contributed by atoms with Crippen molar-refractivity contribution in [3.05, 3.63) is 85.1 Å². The van der Waals surface area contributed by atoms with E-state index in [9.17, 15) is 17.9 Å². The van der Waals surface area contributed by atoms with E-state index in [0.717, 1.165) is 9.87 Å². The first-order chi connectivity index (χ1) is 16.8. The van der Waals surface area contributed by atoms with E-state index in [1.54, 1.807) is 65.6 Å². The van der Waals surface area contributed by atoms with Crippen LogP contribution in [0.1, 0.15) is 0 Å². The Bertz CT molecular complexity index is 1670. The number of pyridine rings is 1. The van der Waals surface area contributed by atoms with Gasteiger partial charge in [0.15, 0.2) is 17.2 Å². The highest BCUT2D eigenvalue weighted by molar-refractivity contribution is 7.89. The van der Waals surface area contributed by atoms with Crippen molar-refractivity contribution >= 4 is 15.7 Å². The van der Waals surface area contributed by atoms with Gasteiger partial charge in [0.25, 0.3) is 0 Å². The number of phenolic OH excluding ortho intramolecular Hbond substituents is 1. The molecular weight excluding hydrogens is 469 g/mol. The van der Waals surface area contributed by atoms with Crippen molar-refractivity contribution in [2.45, 2.75) is 4.90 Å². The molecule has 0 atom stereocenters. The number of phenols is 1. The van der Waals surface area contributed by atoms with Gasteiger partial charge in [0.2, 0.25) is 10.0 Å². The third-order valence-corrected chi connectivity index (χ3v) is 7.43. The van der Waals surface area contributed by atoms with Crippen LogP contribution in [0, 0.1) is 5.82 Å². The second-order valence-electron chi connectivity index (χ2n) is 8.01. The highest BCUT2D eigenvalue weighted by Crippen LogP contribution is 2.37. The van der Waals surface area contributed by atoms with Crippen LogP contribution in [-0.4, -0.2) is 51.5 Å². The van der Waals surface area contributed by atoms with Crippen LogP contribution in [-0.2, 0) is 10.0 Å². The van der Waals surface area contributed by atoms with Crippen LogP contribution in [0.3, 0.4) is 0 Å². The second kappa shape index (κ2) is 8.57. The molecule has 1 N–H and O–H groups in total. The molecule has 0 saturated carbocycles. The van der Waals surface area contributed by atoms with Crippen molar-refractivity contribution in [3.8, 4) is 39.4 Å². The maximum absolute atomic E-state index is 13.8. The van der Waals surface area contributed by atoms with Crippen molar-refractivity contribution in [3.63, 3.8) is 0 Å². The average Bonchev–Trinajstić information content (AvgIpc) is 3.26. The maximum Gasteiger partial charge on any atom is 0.242 e. The van der Waals surface area contributed by atoms with E-state index < -0.39 is 21.6 Å². The van der Waals surface area contributed by atoms with Gasteiger partial charge in [-0.2, -0.15) is 5.10 Å². The molecule has 5 aromatic rings. The van der Waals surface area contributed by atoms with E-state index in [0.29, 0.717) is 33.7 Å². The molecule has 3 heterocycles. The molecule has 10 heteroatoms. The molecule has 0 bridgehead atoms. The highest BCUT2D eigenvalue weighted by atomic mass is 32.2. The van der Waals surface area contributed by atoms with E-state index in [1.165, 1.54) is 32.3 Å². The number of benzene rings is 2. The summed E-state index contributed by atoms with van der Waals surface area (Å²) < 4.78 is 42.0. The van der Waals surface area contributed by atoms with Gasteiger partial charge in [-0.15, -0.1) is 0 Å². The van der Waals surface area contributed by atoms with E-state index >= 15 is 0 Å². The standard InChI is InChI=1S/C25H20FN5O3S/c1-30(2)35(33,34)19-5-3-4-17(14-19)21-10-13-28-25-23(18-6-7-20(26)22(32)15-18)24(29-31(21)25)16-8-11-27-12-9-16/h3-15,32H,1-2H3. The van der Waals surface area contributed by atoms with Crippen LogP contribution in [0.25, 0.3) is 39.3 Å². The first-order valence-corrected chi connectivity index (χ1v) is 12.0. The van der Waals surface area contributed by atoms with E-state index in [4.69, 9.17) is 5.10 Å². The maximum atomic E-state index is 13.8. The molecular formula is C25H20FN5O3S. The van der Waals surface area contributed by atoms with Crippen LogP contribution in [0.15, 0.2) is 84.1 Å². The van der Waals surface area contributed by atoms with Crippen LogP contribution in [0.5, 0.6) is 5.75 Å². The lowest BCUT2D eigenvalue weighted by atomic mass is 10.0. The smallest absolute Gasteiger partial charge is 0.242 e. The minimum atomic E-state index is -3.64. The SMILES string of the molecule is CN(C)S(=O)(=O)c1cccc(-c2ccnc3c(-c4ccc(F)c(O)c4)c(-c4ccncc4)nn23)c1. The highest BCUT2D eigenvalue weighted by Gasteiger charge is 2.22. The lowest BCUT2D eigenvalue weighted by Gasteiger charge is -2.12. The molecule has 0 amide bonds. The number of sulfonamides is 1. The van der Waals surface area contributed by atoms with Crippen molar-refractivity contribution in [1.29, 1.82) is 0 Å². The van der Waals surface area contributed by atoms with Gasteiger partial charge >= 0.3 is 0 Å². The normalized spacial score (nSPS) is 11.9. The Morgan fingerprint density at radius 3 is 2.40 bits per heavy atom. The molecule has 0 radical (unpaired) electrons. The number of aromatic hydroxyl groups is 1. The fraction of sp³-hybridized carbons (Fsp3) is 0.0800. The Hall–Kier alpha value is -4.15. The zero-order valence-electron chi connectivity index (χ0n) is 18.8. The van der Waals surface area contributed by atoms with Gasteiger partial charge in [-0.05, 0) is 48.0 Å². The molecule has 8 nitrogen and oxygen atoms in total. The zero-order chi connectivity index (χ0) is 24.7. The van der Waals surface area contributed by atoms with Gasteiger partial charge in [-0.25, -0.2) is 26.6 Å². The van der Waals surface area contributed by atoms with Crippen LogP contribution >= 0.6 is 0 Å². The number of aromatic nitrogens is 4. The number of rotatable bonds is 5. The topological polar surface area (TPSA) is 101 Å². The minimum Gasteiger partial charge on any atom is -0.505 e. The number of fused-ring (bicyclic) bond motifs is 1. The van der Waals surface area contributed by atoms with Crippen LogP contribution < -0.4 is 0 Å². The quantitative estimate of drug-likeness (QED) is 0.397. The first kappa shape index (κ1) is 22.6. The van der Waals surface area contributed by atoms with Crippen molar-refractivity contribution < 1.29 is 17.9 Å². The van der Waals surface area contributed by atoms with Crippen molar-refractivity contribution in [2.75, 3.05) is 14.1 Å². The Balaban J connectivity index is 1.80. The molecule has 176 valence electrons. The largest absolute Gasteiger partial charge is 0.505 e. The van der Waals surface area contributed by atoms with Crippen LogP contribution in [0.2, 0.25) is 0 Å². The predicted molar refractivity (Wildman–Crippen MR) is 130 cm³/mol. The van der Waals surface area contributed by atoms with E-state index in [-0.39, 0.29) is 4.90 Å². The molecule has 0 aliphatic heterocycles. The summed E-state index contributed by atoms with van der Waals surface area (Å²) in [5.74, 6) is -1.22. The molecule has 2 aromatic carbocycles. The molecule has 0 spiro atoms. The lowest BCUT2D eigenvalue weighted by molar-refractivity contribution is 0.433. The summed E-state index contributed by atoms with van der Waals surface area (Å²) in [5.41, 5.74) is 4.11. The number of hydrogen-bond donors (Lipinski definition) is 1. The third kappa shape index (κ3) is 3.92. The Kier molecular flexibility index (Phi) is 5.54. The minimum absolute atomic E-state index is 0.148. The summed E-state index contributed by atoms with van der Waals surface area (Å²) >= 11 is 0. The Morgan fingerprint density at radius 1 is 0.914 bits per heavy atom. The second-order valence-corrected chi connectivity index (χ2v) is 10.2. The summed E-state index contributed by atoms with van der Waals surface area (Å²) in [6.07, 6.45) is 4.87. The van der Waals surface area contributed by atoms with Gasteiger partial charge in [0.1, 0.15) is 5.69 Å². The van der Waals surface area contributed by atoms with Crippen molar-refractivity contribution in [2.24, 2.45) is 0 Å². The molecule has 0 saturated heterocycles. The molecule has 0 aliphatic carbocycles. The third-order valence-electron chi connectivity index (χ3n) is 5.62. The summed E-state index contributed by atoms with van der Waals surface area (Å²) in [7, 11) is -0.685. The summed E-state index contributed by atoms with van der Waals surface area (Å²) in [6.45, 7) is 0. The van der Waals surface area contributed by atoms with E-state index in [1.807, 2.05) is 0 Å². The molecule has 5 rings (SSSR count). The lowest BCUT2D eigenvalue weighted by Crippen LogP contribution is -2.22. The molecule has 0 fully saturated rings. The summed E-state index contributed by atoms with van der Waals surface area (Å²) in [6, 6.07) is 16.0. The molecule has 35 heavy (non-hydrogen) atoms. The number of halogens is 1. The number of nitrogens with zero attached hydrogens (tertiary/aromatic N) is 5. The first-order valence-electron chi connectivity index (χ1n) is 10.6. The Morgan fingerprint density at radius 2 is 1.69 bits per heavy atom. The van der Waals surface area contributed by atoms with Crippen molar-refractivity contribution in [1.82, 2.24) is 23.9 Å². The molecule has 0 unspecified atom stereocenters. The fourth-order valence-electron chi connectivity index (χ4n) is 3.84. The van der Waals surface area contributed by atoms with Gasteiger partial charge < -0.3 is 5.11 Å². The number of hydrogen-bond acceptors (Lipinski definition) is 6. The summed E-state index contributed by atoms with van der Waals surface area (Å²) in [5, 5.41) is 14.8. The van der Waals surface area contributed by atoms with Gasteiger partial charge in [0, 0.05) is 43.8 Å². The van der Waals surface area contributed by atoms with Crippen LogP contribution in [0.4, 0.5) is 4.39 Å². The van der Waals surface area contributed by atoms with Gasteiger partial charge in [-0.3, -0.25) is 4.98 Å². The molecule has 3 aromatic heterocycles. The predicted octanol–water partition coefficient (Wildman–Crippen LogP) is 4.22. The van der Waals surface area contributed by atoms with E-state index in [2.05, 4.69) is 9.97 Å².